The van der Waals surface area contributed by atoms with Gasteiger partial charge < -0.3 is 5.11 Å². The zero-order valence-corrected chi connectivity index (χ0v) is 10.7. The normalized spacial score (nSPS) is 13.8. The fraction of sp³-hybridized carbons (Fsp3) is 0.462. The van der Waals surface area contributed by atoms with Gasteiger partial charge in [0.05, 0.1) is 6.54 Å². The summed E-state index contributed by atoms with van der Waals surface area (Å²) < 4.78 is 37.7. The lowest BCUT2D eigenvalue weighted by Crippen LogP contribution is -2.44. The smallest absolute Gasteiger partial charge is 0.401 e. The second-order valence-electron chi connectivity index (χ2n) is 4.53. The lowest BCUT2D eigenvalue weighted by Gasteiger charge is -2.33. The minimum atomic E-state index is -4.44. The van der Waals surface area contributed by atoms with Gasteiger partial charge in [-0.1, -0.05) is 30.3 Å². The summed E-state index contributed by atoms with van der Waals surface area (Å²) in [5.41, 5.74) is 0.341. The second kappa shape index (κ2) is 6.06. The molecular weight excluding hydrogens is 259 g/mol. The number of carboxylic acid groups (broad SMARTS) is 1. The third kappa shape index (κ3) is 4.55. The van der Waals surface area contributed by atoms with Gasteiger partial charge in [-0.15, -0.1) is 0 Å². The maximum absolute atomic E-state index is 12.6. The van der Waals surface area contributed by atoms with Crippen LogP contribution in [0.15, 0.2) is 30.3 Å². The molecule has 1 N–H and O–H groups in total. The Morgan fingerprint density at radius 3 is 2.16 bits per heavy atom. The summed E-state index contributed by atoms with van der Waals surface area (Å²) in [5, 5.41) is 9.23. The van der Waals surface area contributed by atoms with Crippen molar-refractivity contribution in [2.24, 2.45) is 0 Å². The molecule has 3 nitrogen and oxygen atoms in total. The number of halogens is 3. The molecule has 0 aliphatic carbocycles. The number of nitrogens with zero attached hydrogens (tertiary/aromatic N) is 1. The van der Waals surface area contributed by atoms with Crippen molar-refractivity contribution in [3.05, 3.63) is 35.9 Å². The molecule has 0 fully saturated rings. The third-order valence-electron chi connectivity index (χ3n) is 2.71. The molecule has 0 aliphatic rings. The van der Waals surface area contributed by atoms with E-state index >= 15 is 0 Å². The molecule has 6 heteroatoms. The second-order valence-corrected chi connectivity index (χ2v) is 4.53. The first-order valence-electron chi connectivity index (χ1n) is 5.82. The van der Waals surface area contributed by atoms with E-state index in [1.54, 1.807) is 32.0 Å². The number of benzene rings is 1. The van der Waals surface area contributed by atoms with E-state index in [1.807, 2.05) is 0 Å². The van der Waals surface area contributed by atoms with Crippen molar-refractivity contribution in [2.45, 2.75) is 32.1 Å². The van der Waals surface area contributed by atoms with E-state index in [4.69, 9.17) is 0 Å². The first-order valence-corrected chi connectivity index (χ1v) is 5.82. The van der Waals surface area contributed by atoms with Gasteiger partial charge in [-0.2, -0.15) is 13.2 Å². The maximum Gasteiger partial charge on any atom is 0.401 e. The lowest BCUT2D eigenvalue weighted by atomic mass is 10.0. The van der Waals surface area contributed by atoms with Gasteiger partial charge in [0.2, 0.25) is 0 Å². The van der Waals surface area contributed by atoms with E-state index in [9.17, 15) is 23.1 Å². The molecule has 0 aliphatic heterocycles. The number of hydrogen-bond acceptors (Lipinski definition) is 2. The Hall–Kier alpha value is -1.56. The van der Waals surface area contributed by atoms with Crippen LogP contribution in [0.5, 0.6) is 0 Å². The summed E-state index contributed by atoms with van der Waals surface area (Å²) in [5.74, 6) is -1.29. The molecular formula is C13H16F3NO2. The summed E-state index contributed by atoms with van der Waals surface area (Å²) >= 11 is 0. The van der Waals surface area contributed by atoms with Crippen molar-refractivity contribution in [1.29, 1.82) is 0 Å². The number of rotatable bonds is 5. The highest BCUT2D eigenvalue weighted by atomic mass is 19.4. The van der Waals surface area contributed by atoms with E-state index in [0.29, 0.717) is 5.56 Å². The topological polar surface area (TPSA) is 40.5 Å². The first-order chi connectivity index (χ1) is 8.72. The van der Waals surface area contributed by atoms with Gasteiger partial charge in [0.15, 0.2) is 0 Å². The molecule has 1 aromatic rings. The SMILES string of the molecule is CC(C)N(CC(F)(F)F)C(C(=O)O)c1ccccc1. The largest absolute Gasteiger partial charge is 0.480 e. The fourth-order valence-electron chi connectivity index (χ4n) is 1.89. The average Bonchev–Trinajstić information content (AvgIpc) is 2.27. The summed E-state index contributed by atoms with van der Waals surface area (Å²) in [6.07, 6.45) is -4.44. The minimum Gasteiger partial charge on any atom is -0.480 e. The van der Waals surface area contributed by atoms with Crippen molar-refractivity contribution in [3.63, 3.8) is 0 Å². The molecule has 0 spiro atoms. The van der Waals surface area contributed by atoms with Crippen LogP contribution in [0.3, 0.4) is 0 Å². The molecule has 1 unspecified atom stereocenters. The van der Waals surface area contributed by atoms with Crippen molar-refractivity contribution in [1.82, 2.24) is 4.90 Å². The number of hydrogen-bond donors (Lipinski definition) is 1. The van der Waals surface area contributed by atoms with E-state index in [0.717, 1.165) is 4.90 Å². The van der Waals surface area contributed by atoms with Crippen LogP contribution < -0.4 is 0 Å². The Bertz CT molecular complexity index is 418. The quantitative estimate of drug-likeness (QED) is 0.897. The van der Waals surface area contributed by atoms with E-state index < -0.39 is 30.8 Å². The Morgan fingerprint density at radius 1 is 1.26 bits per heavy atom. The molecule has 0 heterocycles. The summed E-state index contributed by atoms with van der Waals surface area (Å²) in [6, 6.07) is 6.10. The number of alkyl halides is 3. The molecule has 1 aromatic carbocycles. The zero-order valence-electron chi connectivity index (χ0n) is 10.7. The van der Waals surface area contributed by atoms with E-state index in [2.05, 4.69) is 0 Å². The van der Waals surface area contributed by atoms with Gasteiger partial charge in [0, 0.05) is 6.04 Å². The van der Waals surface area contributed by atoms with Gasteiger partial charge in [-0.3, -0.25) is 9.69 Å². The highest BCUT2D eigenvalue weighted by Crippen LogP contribution is 2.28. The van der Waals surface area contributed by atoms with Crippen LogP contribution in [0.4, 0.5) is 13.2 Å². The molecule has 19 heavy (non-hydrogen) atoms. The summed E-state index contributed by atoms with van der Waals surface area (Å²) in [7, 11) is 0. The lowest BCUT2D eigenvalue weighted by molar-refractivity contribution is -0.166. The van der Waals surface area contributed by atoms with Crippen LogP contribution in [0.25, 0.3) is 0 Å². The van der Waals surface area contributed by atoms with Crippen molar-refractivity contribution >= 4 is 5.97 Å². The number of aliphatic carboxylic acids is 1. The van der Waals surface area contributed by atoms with Crippen LogP contribution in [0.2, 0.25) is 0 Å². The molecule has 0 saturated heterocycles. The number of carboxylic acids is 1. The molecule has 106 valence electrons. The Kier molecular flexibility index (Phi) is 4.94. The van der Waals surface area contributed by atoms with Crippen LogP contribution >= 0.6 is 0 Å². The molecule has 0 bridgehead atoms. The Balaban J connectivity index is 3.11. The molecule has 1 atom stereocenters. The highest BCUT2D eigenvalue weighted by Gasteiger charge is 2.38. The Labute approximate surface area is 109 Å². The van der Waals surface area contributed by atoms with Gasteiger partial charge in [0.25, 0.3) is 0 Å². The van der Waals surface area contributed by atoms with Crippen molar-refractivity contribution in [2.75, 3.05) is 6.54 Å². The van der Waals surface area contributed by atoms with Crippen LogP contribution in [-0.4, -0.2) is 34.7 Å². The minimum absolute atomic E-state index is 0.341. The molecule has 1 rings (SSSR count). The average molecular weight is 275 g/mol. The monoisotopic (exact) mass is 275 g/mol. The summed E-state index contributed by atoms with van der Waals surface area (Å²) in [4.78, 5) is 12.3. The molecule has 0 aromatic heterocycles. The van der Waals surface area contributed by atoms with Crippen LogP contribution in [0.1, 0.15) is 25.5 Å². The predicted molar refractivity (Wildman–Crippen MR) is 64.7 cm³/mol. The van der Waals surface area contributed by atoms with E-state index in [1.165, 1.54) is 12.1 Å². The van der Waals surface area contributed by atoms with Gasteiger partial charge in [0.1, 0.15) is 6.04 Å². The van der Waals surface area contributed by atoms with Gasteiger partial charge >= 0.3 is 12.1 Å². The highest BCUT2D eigenvalue weighted by molar-refractivity contribution is 5.75. The Morgan fingerprint density at radius 2 is 1.79 bits per heavy atom. The van der Waals surface area contributed by atoms with Crippen LogP contribution in [-0.2, 0) is 4.79 Å². The van der Waals surface area contributed by atoms with Gasteiger partial charge in [-0.05, 0) is 19.4 Å². The number of carbonyl (C=O) groups is 1. The molecule has 0 radical (unpaired) electrons. The van der Waals surface area contributed by atoms with Crippen molar-refractivity contribution in [3.8, 4) is 0 Å². The van der Waals surface area contributed by atoms with Gasteiger partial charge in [-0.25, -0.2) is 0 Å². The predicted octanol–water partition coefficient (Wildman–Crippen LogP) is 3.09. The van der Waals surface area contributed by atoms with E-state index in [-0.39, 0.29) is 0 Å². The standard InChI is InChI=1S/C13H16F3NO2/c1-9(2)17(8-13(14,15)16)11(12(18)19)10-6-4-3-5-7-10/h3-7,9,11H,8H2,1-2H3,(H,18,19). The maximum atomic E-state index is 12.6. The van der Waals surface area contributed by atoms with Crippen molar-refractivity contribution < 1.29 is 23.1 Å². The van der Waals surface area contributed by atoms with Crippen LogP contribution in [0, 0.1) is 0 Å². The fourth-order valence-corrected chi connectivity index (χ4v) is 1.89. The molecule has 0 amide bonds. The summed E-state index contributed by atoms with van der Waals surface area (Å²) in [6.45, 7) is 1.84. The zero-order chi connectivity index (χ0) is 14.6. The first kappa shape index (κ1) is 15.5. The molecule has 0 saturated carbocycles. The third-order valence-corrected chi connectivity index (χ3v) is 2.71.